The summed E-state index contributed by atoms with van der Waals surface area (Å²) in [6.45, 7) is 6.04. The summed E-state index contributed by atoms with van der Waals surface area (Å²) in [5.41, 5.74) is -0.0428. The van der Waals surface area contributed by atoms with Crippen LogP contribution in [0.3, 0.4) is 0 Å². The number of thiocarbonyl (C=S) groups is 1. The molecule has 5 heteroatoms. The molecule has 0 atom stereocenters. The van der Waals surface area contributed by atoms with Gasteiger partial charge in [-0.25, -0.2) is 0 Å². The third-order valence-electron chi connectivity index (χ3n) is 1.03. The molecule has 0 aliphatic rings. The van der Waals surface area contributed by atoms with E-state index in [0.29, 0.717) is 4.32 Å². The average molecular weight is 175 g/mol. The van der Waals surface area contributed by atoms with Gasteiger partial charge in [0.25, 0.3) is 0 Å². The molecule has 1 nitrogen and oxygen atoms in total. The van der Waals surface area contributed by atoms with Gasteiger partial charge >= 0.3 is 18.9 Å². The Balaban J connectivity index is -0.000000320. The molecule has 0 aliphatic heterocycles. The molecule has 0 amide bonds. The van der Waals surface area contributed by atoms with Crippen LogP contribution in [0, 0.1) is 7.05 Å². The first-order valence-corrected chi connectivity index (χ1v) is 3.49. The largest absolute Gasteiger partial charge is 1.00 e. The van der Waals surface area contributed by atoms with E-state index >= 15 is 0 Å². The molecule has 0 aromatic rings. The van der Waals surface area contributed by atoms with Crippen LogP contribution in [-0.2, 0) is 12.6 Å². The number of rotatable bonds is 0. The van der Waals surface area contributed by atoms with E-state index in [1.54, 1.807) is 4.90 Å². The predicted molar refractivity (Wildman–Crippen MR) is 52.7 cm³/mol. The van der Waals surface area contributed by atoms with Crippen molar-refractivity contribution in [2.45, 2.75) is 26.3 Å². The Hall–Kier alpha value is 1.30. The average Bonchev–Trinajstić information content (AvgIpc) is 1.62. The summed E-state index contributed by atoms with van der Waals surface area (Å²) in [7, 11) is 3.70. The Morgan fingerprint density at radius 1 is 1.45 bits per heavy atom. The Morgan fingerprint density at radius 2 is 1.73 bits per heavy atom. The number of hydrogen-bond donors (Lipinski definition) is 0. The van der Waals surface area contributed by atoms with Crippen molar-refractivity contribution in [3.05, 3.63) is 7.05 Å². The van der Waals surface area contributed by atoms with Crippen LogP contribution in [0.15, 0.2) is 0 Å². The van der Waals surface area contributed by atoms with Crippen molar-refractivity contribution in [3.8, 4) is 0 Å². The molecule has 0 N–H and O–H groups in total. The molecule has 0 spiro atoms. The van der Waals surface area contributed by atoms with Crippen LogP contribution in [-0.4, -0.2) is 33.6 Å². The molecule has 0 rings (SSSR count). The molecule has 0 saturated carbocycles. The Morgan fingerprint density at radius 3 is 1.73 bits per heavy atom. The van der Waals surface area contributed by atoms with Gasteiger partial charge < -0.3 is 29.7 Å². The minimum Gasteiger partial charge on any atom is -0.411 e. The van der Waals surface area contributed by atoms with Crippen molar-refractivity contribution in [1.29, 1.82) is 0 Å². The fraction of sp³-hybridized carbons (Fsp3) is 0.667. The maximum atomic E-state index is 4.74. The zero-order chi connectivity index (χ0) is 7.65. The van der Waals surface area contributed by atoms with Gasteiger partial charge in [-0.05, 0) is 20.8 Å². The van der Waals surface area contributed by atoms with Crippen molar-refractivity contribution >= 4 is 48.0 Å². The minimum atomic E-state index is -0.0428. The van der Waals surface area contributed by atoms with E-state index in [1.165, 1.54) is 0 Å². The van der Waals surface area contributed by atoms with E-state index in [9.17, 15) is 0 Å². The summed E-state index contributed by atoms with van der Waals surface area (Å²) in [4.78, 5) is 1.65. The van der Waals surface area contributed by atoms with E-state index < -0.39 is 0 Å². The summed E-state index contributed by atoms with van der Waals surface area (Å²) < 4.78 is 0.419. The second-order valence-electron chi connectivity index (χ2n) is 2.86. The van der Waals surface area contributed by atoms with E-state index in [1.807, 2.05) is 20.8 Å². The van der Waals surface area contributed by atoms with Gasteiger partial charge in [-0.15, -0.1) is 0 Å². The smallest absolute Gasteiger partial charge is 0.411 e. The van der Waals surface area contributed by atoms with Crippen LogP contribution in [0.25, 0.3) is 0 Å². The number of nitrogens with zero attached hydrogens (tertiary/aromatic N) is 1. The zero-order valence-corrected chi connectivity index (χ0v) is 9.60. The van der Waals surface area contributed by atoms with Gasteiger partial charge in [0.05, 0.1) is 0 Å². The second-order valence-corrected chi connectivity index (χ2v) is 3.90. The van der Waals surface area contributed by atoms with Gasteiger partial charge in [0.2, 0.25) is 0 Å². The van der Waals surface area contributed by atoms with Crippen LogP contribution >= 0.6 is 12.2 Å². The Labute approximate surface area is 104 Å². The third kappa shape index (κ3) is 7.66. The summed E-state index contributed by atoms with van der Waals surface area (Å²) in [6, 6.07) is 0. The number of hydrogen-bond acceptors (Lipinski definition) is 2. The van der Waals surface area contributed by atoms with E-state index in [2.05, 4.69) is 7.05 Å². The maximum Gasteiger partial charge on any atom is 1.00 e. The summed E-state index contributed by atoms with van der Waals surface area (Å²) in [5, 5.41) is 0. The minimum absolute atomic E-state index is 0. The molecule has 11 heavy (non-hydrogen) atoms. The third-order valence-corrected chi connectivity index (χ3v) is 1.47. The van der Waals surface area contributed by atoms with Crippen molar-refractivity contribution in [2.24, 2.45) is 0 Å². The van der Waals surface area contributed by atoms with Gasteiger partial charge in [0.15, 0.2) is 0 Å². The van der Waals surface area contributed by atoms with Gasteiger partial charge in [0, 0.05) is 31.4 Å². The quantitative estimate of drug-likeness (QED) is 0.246. The molecule has 0 saturated heterocycles. The van der Waals surface area contributed by atoms with Crippen LogP contribution in [0.5, 0.6) is 0 Å². The fourth-order valence-corrected chi connectivity index (χ4v) is 0.822. The summed E-state index contributed by atoms with van der Waals surface area (Å²) in [5.74, 6) is 0. The standard InChI is InChI=1S/C6H12NS2.2Li/c1-6(2,3)7(4)5(8)9;;/h4H2,1-3H3,(H,8,9);;/q;;+1/p-1. The SMILES string of the molecule is [CH2]N(C(=S)[S-])C(C)(C)C.[Li+].[Li]. The van der Waals surface area contributed by atoms with Crippen molar-refractivity contribution in [1.82, 2.24) is 4.90 Å². The monoisotopic (exact) mass is 175 g/mol. The van der Waals surface area contributed by atoms with Crippen molar-refractivity contribution in [3.63, 3.8) is 0 Å². The van der Waals surface area contributed by atoms with Crippen molar-refractivity contribution < 1.29 is 18.9 Å². The first-order chi connectivity index (χ1) is 3.85. The predicted octanol–water partition coefficient (Wildman–Crippen LogP) is -1.67. The molecule has 0 aromatic heterocycles. The topological polar surface area (TPSA) is 3.24 Å². The van der Waals surface area contributed by atoms with E-state index in [0.717, 1.165) is 0 Å². The second kappa shape index (κ2) is 6.78. The van der Waals surface area contributed by atoms with Gasteiger partial charge in [0.1, 0.15) is 0 Å². The first kappa shape index (κ1) is 18.2. The molecular formula is C6H11Li2NS2. The van der Waals surface area contributed by atoms with Gasteiger partial charge in [-0.3, -0.25) is 0 Å². The molecular weight excluding hydrogens is 164 g/mol. The zero-order valence-electron chi connectivity index (χ0n) is 7.97. The molecule has 0 fully saturated rings. The van der Waals surface area contributed by atoms with Crippen LogP contribution in [0.4, 0.5) is 0 Å². The molecule has 0 aliphatic carbocycles. The van der Waals surface area contributed by atoms with Crippen LogP contribution < -0.4 is 18.9 Å². The molecule has 0 heterocycles. The van der Waals surface area contributed by atoms with E-state index in [-0.39, 0.29) is 43.3 Å². The van der Waals surface area contributed by atoms with Crippen LogP contribution in [0.2, 0.25) is 0 Å². The molecule has 0 unspecified atom stereocenters. The molecule has 0 bridgehead atoms. The maximum absolute atomic E-state index is 4.74. The summed E-state index contributed by atoms with van der Waals surface area (Å²) >= 11 is 9.49. The Kier molecular flexibility index (Phi) is 11.2. The normalized spacial score (nSPS) is 9.09. The summed E-state index contributed by atoms with van der Waals surface area (Å²) in [6.07, 6.45) is 0. The van der Waals surface area contributed by atoms with Gasteiger partial charge in [-0.2, -0.15) is 0 Å². The Bertz CT molecular complexity index is 122. The fourth-order valence-electron chi connectivity index (χ4n) is 0.274. The van der Waals surface area contributed by atoms with E-state index in [4.69, 9.17) is 24.8 Å². The molecule has 2 radical (unpaired) electrons. The van der Waals surface area contributed by atoms with Crippen molar-refractivity contribution in [2.75, 3.05) is 0 Å². The molecule has 0 aromatic carbocycles. The molecule has 54 valence electrons. The van der Waals surface area contributed by atoms with Gasteiger partial charge in [-0.1, -0.05) is 4.32 Å². The first-order valence-electron chi connectivity index (χ1n) is 2.67. The van der Waals surface area contributed by atoms with Crippen LogP contribution in [0.1, 0.15) is 20.8 Å².